The van der Waals surface area contributed by atoms with E-state index in [-0.39, 0.29) is 22.5 Å². The Morgan fingerprint density at radius 3 is 2.47 bits per heavy atom. The third-order valence-electron chi connectivity index (χ3n) is 2.16. The molecule has 0 unspecified atom stereocenters. The fourth-order valence-corrected chi connectivity index (χ4v) is 1.34. The van der Waals surface area contributed by atoms with Crippen molar-refractivity contribution in [1.82, 2.24) is 9.97 Å². The van der Waals surface area contributed by atoms with Crippen molar-refractivity contribution in [3.63, 3.8) is 0 Å². The molecule has 1 heterocycles. The zero-order valence-electron chi connectivity index (χ0n) is 8.32. The van der Waals surface area contributed by atoms with Gasteiger partial charge in [0.05, 0.1) is 16.6 Å². The third kappa shape index (κ3) is 2.03. The summed E-state index contributed by atoms with van der Waals surface area (Å²) in [7, 11) is 0. The van der Waals surface area contributed by atoms with Crippen LogP contribution in [0.2, 0.25) is 0 Å². The topological polar surface area (TPSA) is 68.9 Å². The molecule has 1 aromatic heterocycles. The fraction of sp³-hybridized carbons (Fsp3) is 0.100. The summed E-state index contributed by atoms with van der Waals surface area (Å²) >= 11 is 0. The number of nitrogens with two attached hydrogens (primary N) is 1. The maximum atomic E-state index is 12.4. The Morgan fingerprint density at radius 1 is 1.18 bits per heavy atom. The first-order valence-electron chi connectivity index (χ1n) is 4.51. The minimum Gasteiger partial charge on any atom is -0.382 e. The number of carbonyl (C=O) groups is 1. The van der Waals surface area contributed by atoms with Gasteiger partial charge < -0.3 is 5.73 Å². The van der Waals surface area contributed by atoms with Gasteiger partial charge in [-0.3, -0.25) is 4.79 Å². The van der Waals surface area contributed by atoms with Gasteiger partial charge in [-0.15, -0.1) is 0 Å². The van der Waals surface area contributed by atoms with E-state index in [0.717, 1.165) is 18.2 Å². The quantitative estimate of drug-likeness (QED) is 0.775. The molecule has 2 N–H and O–H groups in total. The molecule has 0 amide bonds. The molecule has 0 aliphatic rings. The Hall–Kier alpha value is -2.18. The Bertz CT molecular complexity index is 595. The van der Waals surface area contributed by atoms with E-state index in [4.69, 9.17) is 5.73 Å². The average Bonchev–Trinajstić information content (AvgIpc) is 2.26. The van der Waals surface area contributed by atoms with Gasteiger partial charge in [-0.1, -0.05) is 0 Å². The van der Waals surface area contributed by atoms with E-state index >= 15 is 0 Å². The first-order chi connectivity index (χ1) is 7.91. The van der Waals surface area contributed by atoms with Crippen LogP contribution in [0.4, 0.5) is 19.0 Å². The van der Waals surface area contributed by atoms with Crippen molar-refractivity contribution in [2.75, 3.05) is 5.73 Å². The molecule has 17 heavy (non-hydrogen) atoms. The summed E-state index contributed by atoms with van der Waals surface area (Å²) in [5, 5.41) is 0. The van der Waals surface area contributed by atoms with Crippen molar-refractivity contribution in [3.05, 3.63) is 29.5 Å². The van der Waals surface area contributed by atoms with Gasteiger partial charge in [-0.05, 0) is 18.2 Å². The van der Waals surface area contributed by atoms with Crippen LogP contribution >= 0.6 is 0 Å². The van der Waals surface area contributed by atoms with Crippen LogP contribution in [0.25, 0.3) is 11.0 Å². The van der Waals surface area contributed by atoms with E-state index in [9.17, 15) is 18.0 Å². The number of carbonyl (C=O) groups excluding carboxylic acids is 1. The number of nitrogens with zero attached hydrogens (tertiary/aromatic N) is 2. The molecule has 0 aliphatic heterocycles. The van der Waals surface area contributed by atoms with E-state index < -0.39 is 11.7 Å². The predicted octanol–water partition coefficient (Wildman–Crippen LogP) is 2.04. The standard InChI is InChI=1S/C10H6F3N3O/c11-10(12,13)5-1-2-6-7(3-5)15-8(4-17)9(14)16-6/h1-4H,(H2,14,16). The summed E-state index contributed by atoms with van der Waals surface area (Å²) in [5.41, 5.74) is 4.57. The molecule has 0 spiro atoms. The summed E-state index contributed by atoms with van der Waals surface area (Å²) in [6.45, 7) is 0. The summed E-state index contributed by atoms with van der Waals surface area (Å²) < 4.78 is 37.3. The summed E-state index contributed by atoms with van der Waals surface area (Å²) in [6.07, 6.45) is -4.11. The number of hydrogen-bond donors (Lipinski definition) is 1. The van der Waals surface area contributed by atoms with Gasteiger partial charge in [0.2, 0.25) is 0 Å². The van der Waals surface area contributed by atoms with Crippen molar-refractivity contribution < 1.29 is 18.0 Å². The average molecular weight is 241 g/mol. The Labute approximate surface area is 93.3 Å². The zero-order valence-corrected chi connectivity index (χ0v) is 8.32. The van der Waals surface area contributed by atoms with Gasteiger partial charge in [0.25, 0.3) is 0 Å². The van der Waals surface area contributed by atoms with Crippen molar-refractivity contribution >= 4 is 23.1 Å². The number of nitrogen functional groups attached to an aromatic ring is 1. The van der Waals surface area contributed by atoms with E-state index in [1.807, 2.05) is 0 Å². The van der Waals surface area contributed by atoms with E-state index in [0.29, 0.717) is 6.29 Å². The molecule has 0 fully saturated rings. The minimum absolute atomic E-state index is 0.0175. The lowest BCUT2D eigenvalue weighted by molar-refractivity contribution is -0.137. The highest BCUT2D eigenvalue weighted by Gasteiger charge is 2.30. The second-order valence-corrected chi connectivity index (χ2v) is 3.31. The lowest BCUT2D eigenvalue weighted by Crippen LogP contribution is -2.06. The molecule has 2 aromatic rings. The maximum Gasteiger partial charge on any atom is 0.416 e. The van der Waals surface area contributed by atoms with Gasteiger partial charge in [0.1, 0.15) is 5.69 Å². The number of hydrogen-bond acceptors (Lipinski definition) is 4. The second kappa shape index (κ2) is 3.69. The van der Waals surface area contributed by atoms with Crippen LogP contribution in [0.1, 0.15) is 16.1 Å². The molecule has 0 saturated carbocycles. The third-order valence-corrected chi connectivity index (χ3v) is 2.16. The van der Waals surface area contributed by atoms with Crippen LogP contribution in [0.5, 0.6) is 0 Å². The van der Waals surface area contributed by atoms with Crippen LogP contribution in [0.3, 0.4) is 0 Å². The normalized spacial score (nSPS) is 11.7. The molecular weight excluding hydrogens is 235 g/mol. The molecule has 0 radical (unpaired) electrons. The van der Waals surface area contributed by atoms with E-state index in [2.05, 4.69) is 9.97 Å². The van der Waals surface area contributed by atoms with Gasteiger partial charge in [-0.2, -0.15) is 13.2 Å². The molecule has 0 saturated heterocycles. The number of aromatic nitrogens is 2. The maximum absolute atomic E-state index is 12.4. The van der Waals surface area contributed by atoms with E-state index in [1.54, 1.807) is 0 Å². The number of halogens is 3. The number of benzene rings is 1. The number of rotatable bonds is 1. The smallest absolute Gasteiger partial charge is 0.382 e. The van der Waals surface area contributed by atoms with Crippen LogP contribution < -0.4 is 5.73 Å². The first-order valence-corrected chi connectivity index (χ1v) is 4.51. The van der Waals surface area contributed by atoms with Gasteiger partial charge >= 0.3 is 6.18 Å². The fourth-order valence-electron chi connectivity index (χ4n) is 1.34. The molecule has 4 nitrogen and oxygen atoms in total. The number of anilines is 1. The number of aldehydes is 1. The van der Waals surface area contributed by atoms with Crippen LogP contribution in [0.15, 0.2) is 18.2 Å². The molecule has 88 valence electrons. The molecule has 0 bridgehead atoms. The monoisotopic (exact) mass is 241 g/mol. The minimum atomic E-state index is -4.46. The molecule has 0 aliphatic carbocycles. The molecule has 7 heteroatoms. The van der Waals surface area contributed by atoms with E-state index in [1.165, 1.54) is 0 Å². The van der Waals surface area contributed by atoms with Crippen molar-refractivity contribution in [3.8, 4) is 0 Å². The Balaban J connectivity index is 2.69. The number of alkyl halides is 3. The summed E-state index contributed by atoms with van der Waals surface area (Å²) in [6, 6.07) is 2.88. The summed E-state index contributed by atoms with van der Waals surface area (Å²) in [5.74, 6) is -0.104. The zero-order chi connectivity index (χ0) is 12.6. The highest BCUT2D eigenvalue weighted by molar-refractivity contribution is 5.85. The SMILES string of the molecule is Nc1nc2ccc(C(F)(F)F)cc2nc1C=O. The molecule has 1 aromatic carbocycles. The lowest BCUT2D eigenvalue weighted by atomic mass is 10.2. The summed E-state index contributed by atoms with van der Waals surface area (Å²) in [4.78, 5) is 18.0. The van der Waals surface area contributed by atoms with Gasteiger partial charge in [0, 0.05) is 0 Å². The van der Waals surface area contributed by atoms with Gasteiger partial charge in [0.15, 0.2) is 12.1 Å². The van der Waals surface area contributed by atoms with Crippen LogP contribution in [0, 0.1) is 0 Å². The Kier molecular flexibility index (Phi) is 2.45. The van der Waals surface area contributed by atoms with Crippen LogP contribution in [-0.4, -0.2) is 16.3 Å². The number of fused-ring (bicyclic) bond motifs is 1. The second-order valence-electron chi connectivity index (χ2n) is 3.31. The lowest BCUT2D eigenvalue weighted by Gasteiger charge is -2.07. The predicted molar refractivity (Wildman–Crippen MR) is 54.3 cm³/mol. The largest absolute Gasteiger partial charge is 0.416 e. The molecular formula is C10H6F3N3O. The molecule has 0 atom stereocenters. The highest BCUT2D eigenvalue weighted by atomic mass is 19.4. The highest BCUT2D eigenvalue weighted by Crippen LogP contribution is 2.30. The Morgan fingerprint density at radius 2 is 1.88 bits per heavy atom. The first kappa shape index (κ1) is 11.3. The molecule has 2 rings (SSSR count). The van der Waals surface area contributed by atoms with Crippen molar-refractivity contribution in [2.24, 2.45) is 0 Å². The van der Waals surface area contributed by atoms with Gasteiger partial charge in [-0.25, -0.2) is 9.97 Å². The van der Waals surface area contributed by atoms with Crippen LogP contribution in [-0.2, 0) is 6.18 Å². The van der Waals surface area contributed by atoms with Crippen molar-refractivity contribution in [2.45, 2.75) is 6.18 Å². The van der Waals surface area contributed by atoms with Crippen molar-refractivity contribution in [1.29, 1.82) is 0 Å².